The Morgan fingerprint density at radius 3 is 2.71 bits per heavy atom. The fourth-order valence-electron chi connectivity index (χ4n) is 1.69. The molecule has 1 unspecified atom stereocenters. The van der Waals surface area contributed by atoms with E-state index >= 15 is 0 Å². The van der Waals surface area contributed by atoms with Crippen LogP contribution in [-0.4, -0.2) is 12.4 Å². The van der Waals surface area contributed by atoms with Crippen LogP contribution in [0, 0.1) is 11.7 Å². The van der Waals surface area contributed by atoms with Crippen LogP contribution in [0.25, 0.3) is 0 Å². The van der Waals surface area contributed by atoms with Gasteiger partial charge in [0, 0.05) is 6.07 Å². The molecule has 0 aromatic heterocycles. The number of carbonyl (C=O) groups excluding carboxylic acids is 1. The Balaban J connectivity index is 2.62. The molecule has 0 N–H and O–H groups in total. The molecule has 94 valence electrons. The lowest BCUT2D eigenvalue weighted by Crippen LogP contribution is -2.08. The van der Waals surface area contributed by atoms with Crippen molar-refractivity contribution in [2.75, 3.05) is 6.61 Å². The SMILES string of the molecule is CCCC(C)COc1ccc(C(C)=O)c(F)c1. The van der Waals surface area contributed by atoms with Crippen LogP contribution >= 0.6 is 0 Å². The van der Waals surface area contributed by atoms with Crippen LogP contribution in [0.4, 0.5) is 4.39 Å². The van der Waals surface area contributed by atoms with Gasteiger partial charge >= 0.3 is 0 Å². The first-order valence-corrected chi connectivity index (χ1v) is 5.97. The third-order valence-electron chi connectivity index (χ3n) is 2.64. The highest BCUT2D eigenvalue weighted by Gasteiger charge is 2.09. The van der Waals surface area contributed by atoms with Gasteiger partial charge in [-0.15, -0.1) is 0 Å². The maximum absolute atomic E-state index is 13.5. The zero-order valence-electron chi connectivity index (χ0n) is 10.6. The molecule has 2 nitrogen and oxygen atoms in total. The van der Waals surface area contributed by atoms with Crippen LogP contribution in [0.2, 0.25) is 0 Å². The third-order valence-corrected chi connectivity index (χ3v) is 2.64. The number of ether oxygens (including phenoxy) is 1. The van der Waals surface area contributed by atoms with Gasteiger partial charge in [-0.25, -0.2) is 4.39 Å². The van der Waals surface area contributed by atoms with Gasteiger partial charge in [0.15, 0.2) is 5.78 Å². The molecule has 0 heterocycles. The van der Waals surface area contributed by atoms with Crippen LogP contribution in [0.3, 0.4) is 0 Å². The molecule has 0 fully saturated rings. The van der Waals surface area contributed by atoms with E-state index in [9.17, 15) is 9.18 Å². The number of hydrogen-bond donors (Lipinski definition) is 0. The van der Waals surface area contributed by atoms with Crippen molar-refractivity contribution in [2.45, 2.75) is 33.6 Å². The Labute approximate surface area is 102 Å². The number of benzene rings is 1. The van der Waals surface area contributed by atoms with E-state index in [1.54, 1.807) is 6.07 Å². The molecular formula is C14H19FO2. The quantitative estimate of drug-likeness (QED) is 0.704. The molecule has 0 spiro atoms. The summed E-state index contributed by atoms with van der Waals surface area (Å²) < 4.78 is 19.0. The van der Waals surface area contributed by atoms with Crippen molar-refractivity contribution in [1.29, 1.82) is 0 Å². The van der Waals surface area contributed by atoms with Crippen molar-refractivity contribution in [3.05, 3.63) is 29.6 Å². The number of ketones is 1. The highest BCUT2D eigenvalue weighted by Crippen LogP contribution is 2.18. The molecule has 1 atom stereocenters. The Morgan fingerprint density at radius 1 is 1.47 bits per heavy atom. The number of hydrogen-bond acceptors (Lipinski definition) is 2. The lowest BCUT2D eigenvalue weighted by atomic mass is 10.1. The minimum absolute atomic E-state index is 0.110. The predicted molar refractivity (Wildman–Crippen MR) is 66.0 cm³/mol. The molecule has 0 bridgehead atoms. The summed E-state index contributed by atoms with van der Waals surface area (Å²) in [6.45, 7) is 6.15. The molecule has 1 rings (SSSR count). The molecule has 0 saturated heterocycles. The summed E-state index contributed by atoms with van der Waals surface area (Å²) in [4.78, 5) is 11.0. The average Bonchev–Trinajstić information content (AvgIpc) is 2.26. The summed E-state index contributed by atoms with van der Waals surface area (Å²) in [5, 5.41) is 0. The van der Waals surface area contributed by atoms with Gasteiger partial charge < -0.3 is 4.74 Å². The largest absolute Gasteiger partial charge is 0.493 e. The first-order valence-electron chi connectivity index (χ1n) is 5.97. The second-order valence-corrected chi connectivity index (χ2v) is 4.40. The highest BCUT2D eigenvalue weighted by atomic mass is 19.1. The second-order valence-electron chi connectivity index (χ2n) is 4.40. The topological polar surface area (TPSA) is 26.3 Å². The van der Waals surface area contributed by atoms with Gasteiger partial charge in [-0.3, -0.25) is 4.79 Å². The van der Waals surface area contributed by atoms with Gasteiger partial charge in [-0.05, 0) is 31.4 Å². The van der Waals surface area contributed by atoms with Gasteiger partial charge in [-0.1, -0.05) is 20.3 Å². The van der Waals surface area contributed by atoms with Gasteiger partial charge in [0.2, 0.25) is 0 Å². The average molecular weight is 238 g/mol. The zero-order valence-corrected chi connectivity index (χ0v) is 10.6. The fourth-order valence-corrected chi connectivity index (χ4v) is 1.69. The van der Waals surface area contributed by atoms with E-state index in [1.807, 2.05) is 0 Å². The maximum atomic E-state index is 13.5. The Hall–Kier alpha value is -1.38. The molecule has 1 aromatic rings. The number of halogens is 1. The number of Topliss-reactive ketones (excluding diaryl/α,β-unsaturated/α-hetero) is 1. The van der Waals surface area contributed by atoms with Gasteiger partial charge in [0.1, 0.15) is 11.6 Å². The van der Waals surface area contributed by atoms with Crippen LogP contribution in [0.5, 0.6) is 5.75 Å². The molecule has 17 heavy (non-hydrogen) atoms. The van der Waals surface area contributed by atoms with Crippen molar-refractivity contribution >= 4 is 5.78 Å². The van der Waals surface area contributed by atoms with Gasteiger partial charge in [0.05, 0.1) is 12.2 Å². The summed E-state index contributed by atoms with van der Waals surface area (Å²) in [6.07, 6.45) is 2.20. The number of rotatable bonds is 6. The summed E-state index contributed by atoms with van der Waals surface area (Å²) in [5.74, 6) is 0.151. The smallest absolute Gasteiger partial charge is 0.162 e. The molecular weight excluding hydrogens is 219 g/mol. The molecule has 0 aliphatic carbocycles. The van der Waals surface area contributed by atoms with Gasteiger partial charge in [-0.2, -0.15) is 0 Å². The third kappa shape index (κ3) is 4.17. The minimum atomic E-state index is -0.516. The monoisotopic (exact) mass is 238 g/mol. The van der Waals surface area contributed by atoms with Crippen molar-refractivity contribution in [2.24, 2.45) is 5.92 Å². The first kappa shape index (κ1) is 13.7. The Bertz CT molecular complexity index is 388. The van der Waals surface area contributed by atoms with E-state index in [2.05, 4.69) is 13.8 Å². The minimum Gasteiger partial charge on any atom is -0.493 e. The van der Waals surface area contributed by atoms with E-state index < -0.39 is 5.82 Å². The lowest BCUT2D eigenvalue weighted by molar-refractivity contribution is 0.101. The van der Waals surface area contributed by atoms with E-state index in [0.29, 0.717) is 18.3 Å². The zero-order chi connectivity index (χ0) is 12.8. The normalized spacial score (nSPS) is 12.2. The number of carbonyl (C=O) groups is 1. The van der Waals surface area contributed by atoms with Gasteiger partial charge in [0.25, 0.3) is 0 Å². The van der Waals surface area contributed by atoms with E-state index in [0.717, 1.165) is 12.8 Å². The lowest BCUT2D eigenvalue weighted by Gasteiger charge is -2.12. The second kappa shape index (κ2) is 6.38. The fraction of sp³-hybridized carbons (Fsp3) is 0.500. The van der Waals surface area contributed by atoms with Crippen molar-refractivity contribution in [3.8, 4) is 5.75 Å². The van der Waals surface area contributed by atoms with Crippen LogP contribution in [-0.2, 0) is 0 Å². The van der Waals surface area contributed by atoms with E-state index in [-0.39, 0.29) is 11.3 Å². The maximum Gasteiger partial charge on any atom is 0.162 e. The van der Waals surface area contributed by atoms with Crippen molar-refractivity contribution in [1.82, 2.24) is 0 Å². The molecule has 0 radical (unpaired) electrons. The van der Waals surface area contributed by atoms with Crippen molar-refractivity contribution in [3.63, 3.8) is 0 Å². The van der Waals surface area contributed by atoms with Crippen LogP contribution in [0.15, 0.2) is 18.2 Å². The van der Waals surface area contributed by atoms with Crippen molar-refractivity contribution < 1.29 is 13.9 Å². The molecule has 0 saturated carbocycles. The predicted octanol–water partition coefficient (Wildman–Crippen LogP) is 3.84. The summed E-state index contributed by atoms with van der Waals surface area (Å²) >= 11 is 0. The first-order chi connectivity index (χ1) is 8.04. The Morgan fingerprint density at radius 2 is 2.18 bits per heavy atom. The van der Waals surface area contributed by atoms with Crippen LogP contribution < -0.4 is 4.74 Å². The Kier molecular flexibility index (Phi) is 5.13. The highest BCUT2D eigenvalue weighted by molar-refractivity contribution is 5.94. The summed E-state index contributed by atoms with van der Waals surface area (Å²) in [5.41, 5.74) is 0.110. The van der Waals surface area contributed by atoms with E-state index in [4.69, 9.17) is 4.74 Å². The molecule has 0 aliphatic rings. The summed E-state index contributed by atoms with van der Waals surface area (Å²) in [7, 11) is 0. The molecule has 1 aromatic carbocycles. The molecule has 0 aliphatic heterocycles. The van der Waals surface area contributed by atoms with Crippen LogP contribution in [0.1, 0.15) is 44.0 Å². The molecule has 3 heteroatoms. The standard InChI is InChI=1S/C14H19FO2/c1-4-5-10(2)9-17-12-6-7-13(11(3)16)14(15)8-12/h6-8,10H,4-5,9H2,1-3H3. The molecule has 0 amide bonds. The van der Waals surface area contributed by atoms with E-state index in [1.165, 1.54) is 19.1 Å². The summed E-state index contributed by atoms with van der Waals surface area (Å²) in [6, 6.07) is 4.38.